The zero-order valence-corrected chi connectivity index (χ0v) is 17.9. The van der Waals surface area contributed by atoms with E-state index >= 15 is 0 Å². The maximum atomic E-state index is 14.2. The van der Waals surface area contributed by atoms with E-state index in [1.807, 2.05) is 0 Å². The Morgan fingerprint density at radius 2 is 2.12 bits per heavy atom. The van der Waals surface area contributed by atoms with Crippen LogP contribution in [0.4, 0.5) is 4.39 Å². The number of hydrogen-bond donors (Lipinski definition) is 4. The third kappa shape index (κ3) is 3.88. The zero-order valence-electron chi connectivity index (χ0n) is 17.9. The predicted molar refractivity (Wildman–Crippen MR) is 114 cm³/mol. The van der Waals surface area contributed by atoms with Gasteiger partial charge >= 0.3 is 0 Å². The number of amides is 1. The van der Waals surface area contributed by atoms with Crippen LogP contribution < -0.4 is 20.7 Å². The van der Waals surface area contributed by atoms with Crippen LogP contribution >= 0.6 is 0 Å². The van der Waals surface area contributed by atoms with Gasteiger partial charge in [-0.2, -0.15) is 5.10 Å². The molecule has 5 rings (SSSR count). The maximum Gasteiger partial charge on any atom is 0.223 e. The fraction of sp³-hybridized carbons (Fsp3) is 0.545. The van der Waals surface area contributed by atoms with Gasteiger partial charge in [-0.05, 0) is 44.8 Å². The van der Waals surface area contributed by atoms with Crippen molar-refractivity contribution < 1.29 is 18.7 Å². The van der Waals surface area contributed by atoms with E-state index in [0.717, 1.165) is 32.1 Å². The normalized spacial score (nSPS) is 29.1. The second-order valence-corrected chi connectivity index (χ2v) is 8.97. The van der Waals surface area contributed by atoms with Crippen LogP contribution in [0.15, 0.2) is 18.3 Å². The van der Waals surface area contributed by atoms with Gasteiger partial charge in [0.05, 0.1) is 19.0 Å². The number of methoxy groups -OCH3 is 1. The molecule has 2 saturated heterocycles. The lowest BCUT2D eigenvalue weighted by molar-refractivity contribution is -0.126. The number of Topliss-reactive ketones (excluding diaryl/α,β-unsaturated/α-hetero) is 1. The zero-order chi connectivity index (χ0) is 22.3. The highest BCUT2D eigenvalue weighted by molar-refractivity contribution is 6.00. The summed E-state index contributed by atoms with van der Waals surface area (Å²) in [4.78, 5) is 29.7. The number of rotatable bonds is 6. The number of ether oxygens (including phenoxy) is 1. The van der Waals surface area contributed by atoms with Gasteiger partial charge in [-0.3, -0.25) is 14.7 Å². The summed E-state index contributed by atoms with van der Waals surface area (Å²) in [5.41, 5.74) is 0.542. The molecule has 2 aromatic rings. The molecule has 0 radical (unpaired) electrons. The number of piperidine rings is 1. The van der Waals surface area contributed by atoms with Gasteiger partial charge in [0.1, 0.15) is 5.69 Å². The monoisotopic (exact) mass is 442 g/mol. The largest absolute Gasteiger partial charge is 0.481 e. The van der Waals surface area contributed by atoms with Gasteiger partial charge < -0.3 is 20.7 Å². The van der Waals surface area contributed by atoms with E-state index in [2.05, 4.69) is 31.1 Å². The highest BCUT2D eigenvalue weighted by Gasteiger charge is 2.60. The fourth-order valence-corrected chi connectivity index (χ4v) is 5.00. The molecule has 1 amide bonds. The molecule has 9 nitrogen and oxygen atoms in total. The predicted octanol–water partition coefficient (Wildman–Crippen LogP) is 1.04. The molecule has 3 aliphatic rings. The number of pyridine rings is 1. The van der Waals surface area contributed by atoms with Crippen LogP contribution in [0.2, 0.25) is 0 Å². The molecule has 170 valence electrons. The van der Waals surface area contributed by atoms with Crippen molar-refractivity contribution in [2.75, 3.05) is 26.7 Å². The minimum atomic E-state index is -0.531. The first-order chi connectivity index (χ1) is 15.5. The van der Waals surface area contributed by atoms with E-state index in [1.54, 1.807) is 6.07 Å². The van der Waals surface area contributed by atoms with Gasteiger partial charge in [0, 0.05) is 41.6 Å². The Morgan fingerprint density at radius 3 is 2.91 bits per heavy atom. The van der Waals surface area contributed by atoms with Crippen molar-refractivity contribution in [2.24, 2.45) is 11.8 Å². The van der Waals surface area contributed by atoms with Crippen molar-refractivity contribution in [2.45, 2.75) is 37.3 Å². The van der Waals surface area contributed by atoms with Crippen LogP contribution in [0.3, 0.4) is 0 Å². The Balaban J connectivity index is 1.26. The molecule has 4 atom stereocenters. The Labute approximate surface area is 184 Å². The first-order valence-corrected chi connectivity index (χ1v) is 11.0. The first kappa shape index (κ1) is 21.0. The van der Waals surface area contributed by atoms with Crippen molar-refractivity contribution in [3.8, 4) is 17.1 Å². The van der Waals surface area contributed by atoms with Gasteiger partial charge in [0.15, 0.2) is 11.6 Å². The summed E-state index contributed by atoms with van der Waals surface area (Å²) in [5.74, 6) is -0.600. The van der Waals surface area contributed by atoms with Gasteiger partial charge in [-0.25, -0.2) is 9.37 Å². The average molecular weight is 442 g/mol. The first-order valence-electron chi connectivity index (χ1n) is 11.0. The Hall–Kier alpha value is -2.85. The molecular formula is C22H27FN6O3. The molecule has 32 heavy (non-hydrogen) atoms. The number of ketones is 1. The summed E-state index contributed by atoms with van der Waals surface area (Å²) in [7, 11) is 1.45. The van der Waals surface area contributed by atoms with E-state index < -0.39 is 5.82 Å². The average Bonchev–Trinajstić information content (AvgIpc) is 3.19. The number of nitrogens with one attached hydrogen (secondary N) is 4. The molecule has 4 N–H and O–H groups in total. The minimum absolute atomic E-state index is 0.0850. The van der Waals surface area contributed by atoms with E-state index in [0.29, 0.717) is 25.1 Å². The van der Waals surface area contributed by atoms with Crippen LogP contribution in [0.1, 0.15) is 36.2 Å². The van der Waals surface area contributed by atoms with E-state index in [9.17, 15) is 14.0 Å². The summed E-state index contributed by atoms with van der Waals surface area (Å²) in [6.07, 6.45) is 4.12. The number of aromatic amines is 1. The van der Waals surface area contributed by atoms with Crippen LogP contribution in [0.5, 0.6) is 5.88 Å². The van der Waals surface area contributed by atoms with Crippen molar-refractivity contribution in [3.05, 3.63) is 29.8 Å². The molecule has 3 fully saturated rings. The van der Waals surface area contributed by atoms with Gasteiger partial charge in [-0.1, -0.05) is 0 Å². The minimum Gasteiger partial charge on any atom is -0.481 e. The molecular weight excluding hydrogens is 415 g/mol. The van der Waals surface area contributed by atoms with Gasteiger partial charge in [0.25, 0.3) is 0 Å². The lowest BCUT2D eigenvalue weighted by Gasteiger charge is -2.31. The van der Waals surface area contributed by atoms with E-state index in [1.165, 1.54) is 13.2 Å². The van der Waals surface area contributed by atoms with Crippen molar-refractivity contribution in [1.82, 2.24) is 31.1 Å². The summed E-state index contributed by atoms with van der Waals surface area (Å²) in [6, 6.07) is 3.22. The smallest absolute Gasteiger partial charge is 0.223 e. The standard InChI is InChI=1S/C22H27FN6O3/c1-32-19-6-14(16(23)11-25-19)17-7-18(29-28-17)20(30)15-9-22(15)8-12(2-5-26-22)21(31)27-13-3-4-24-10-13/h6-7,11-13,15,24,26H,2-5,8-10H2,1H3,(H,27,31)(H,28,29)/t12?,13-,15?,22?/m1/s1. The third-order valence-electron chi connectivity index (χ3n) is 6.91. The number of nitrogens with zero attached hydrogens (tertiary/aromatic N) is 2. The number of carbonyl (C=O) groups is 2. The number of aromatic nitrogens is 3. The van der Waals surface area contributed by atoms with Crippen molar-refractivity contribution >= 4 is 11.7 Å². The quantitative estimate of drug-likeness (QED) is 0.493. The van der Waals surface area contributed by atoms with Crippen LogP contribution in [-0.2, 0) is 4.79 Å². The molecule has 1 aliphatic carbocycles. The van der Waals surface area contributed by atoms with Crippen LogP contribution in [0, 0.1) is 17.7 Å². The molecule has 4 heterocycles. The fourth-order valence-electron chi connectivity index (χ4n) is 5.00. The van der Waals surface area contributed by atoms with Gasteiger partial charge in [0.2, 0.25) is 11.8 Å². The van der Waals surface area contributed by atoms with Crippen molar-refractivity contribution in [1.29, 1.82) is 0 Å². The van der Waals surface area contributed by atoms with Crippen LogP contribution in [0.25, 0.3) is 11.3 Å². The summed E-state index contributed by atoms with van der Waals surface area (Å²) >= 11 is 0. The van der Waals surface area contributed by atoms with Crippen molar-refractivity contribution in [3.63, 3.8) is 0 Å². The SMILES string of the molecule is COc1cc(-c2cc(C(=O)C3CC34CC(C(=O)N[C@@H]3CCNC3)CCN4)n[nH]2)c(F)cn1. The number of hydrogen-bond acceptors (Lipinski definition) is 7. The Morgan fingerprint density at radius 1 is 1.25 bits per heavy atom. The number of H-pyrrole nitrogens is 1. The highest BCUT2D eigenvalue weighted by Crippen LogP contribution is 2.51. The second kappa shape index (κ2) is 8.25. The topological polar surface area (TPSA) is 121 Å². The van der Waals surface area contributed by atoms with Crippen LogP contribution in [-0.4, -0.2) is 65.2 Å². The van der Waals surface area contributed by atoms with E-state index in [-0.39, 0.29) is 52.2 Å². The number of halogens is 1. The Bertz CT molecular complexity index is 1040. The Kier molecular flexibility index (Phi) is 5.42. The van der Waals surface area contributed by atoms with E-state index in [4.69, 9.17) is 4.74 Å². The highest BCUT2D eigenvalue weighted by atomic mass is 19.1. The maximum absolute atomic E-state index is 14.2. The molecule has 3 unspecified atom stereocenters. The number of carbonyl (C=O) groups excluding carboxylic acids is 2. The summed E-state index contributed by atoms with van der Waals surface area (Å²) < 4.78 is 19.3. The molecule has 2 aliphatic heterocycles. The molecule has 10 heteroatoms. The molecule has 1 saturated carbocycles. The summed E-state index contributed by atoms with van der Waals surface area (Å²) in [5, 5.41) is 16.8. The second-order valence-electron chi connectivity index (χ2n) is 8.97. The van der Waals surface area contributed by atoms with Gasteiger partial charge in [-0.15, -0.1) is 0 Å². The third-order valence-corrected chi connectivity index (χ3v) is 6.91. The molecule has 0 aromatic carbocycles. The molecule has 2 aromatic heterocycles. The molecule has 0 bridgehead atoms. The lowest BCUT2D eigenvalue weighted by atomic mass is 9.87. The molecule has 1 spiro atoms. The lowest BCUT2D eigenvalue weighted by Crippen LogP contribution is -2.49. The summed E-state index contributed by atoms with van der Waals surface area (Å²) in [6.45, 7) is 2.45.